The number of carbonyl (C=O) groups is 2. The highest BCUT2D eigenvalue weighted by atomic mass is 16.5. The number of aromatic hydroxyl groups is 1. The molecule has 8 heteroatoms. The number of nitrogens with zero attached hydrogens (tertiary/aromatic N) is 2. The van der Waals surface area contributed by atoms with Gasteiger partial charge in [0.1, 0.15) is 0 Å². The number of hydrogen-bond donors (Lipinski definition) is 2. The van der Waals surface area contributed by atoms with Gasteiger partial charge in [0, 0.05) is 11.8 Å². The van der Waals surface area contributed by atoms with Crippen LogP contribution in [0.25, 0.3) is 6.08 Å². The van der Waals surface area contributed by atoms with Gasteiger partial charge in [0.05, 0.1) is 18.5 Å². The summed E-state index contributed by atoms with van der Waals surface area (Å²) >= 11 is 0. The number of anilines is 1. The summed E-state index contributed by atoms with van der Waals surface area (Å²) in [7, 11) is 1.43. The third-order valence-corrected chi connectivity index (χ3v) is 4.15. The minimum atomic E-state index is -0.677. The number of methoxy groups -OCH3 is 1. The summed E-state index contributed by atoms with van der Waals surface area (Å²) in [6.07, 6.45) is 2.68. The predicted octanol–water partition coefficient (Wildman–Crippen LogP) is 5.01. The van der Waals surface area contributed by atoms with Gasteiger partial charge >= 0.3 is 5.97 Å². The minimum Gasteiger partial charge on any atom is -0.504 e. The molecule has 32 heavy (non-hydrogen) atoms. The Kier molecular flexibility index (Phi) is 7.69. The fourth-order valence-electron chi connectivity index (χ4n) is 2.57. The maximum absolute atomic E-state index is 12.0. The van der Waals surface area contributed by atoms with E-state index in [4.69, 9.17) is 9.47 Å². The van der Waals surface area contributed by atoms with Crippen molar-refractivity contribution in [3.8, 4) is 11.5 Å². The van der Waals surface area contributed by atoms with Crippen LogP contribution in [0, 0.1) is 0 Å². The van der Waals surface area contributed by atoms with Gasteiger partial charge in [0.25, 0.3) is 5.91 Å². The molecule has 0 aliphatic rings. The minimum absolute atomic E-state index is 0.00353. The zero-order valence-electron chi connectivity index (χ0n) is 17.3. The van der Waals surface area contributed by atoms with Crippen molar-refractivity contribution in [2.45, 2.75) is 0 Å². The molecule has 0 heterocycles. The molecule has 3 aromatic rings. The maximum atomic E-state index is 12.0. The number of esters is 1. The van der Waals surface area contributed by atoms with Gasteiger partial charge in [-0.15, -0.1) is 0 Å². The highest BCUT2D eigenvalue weighted by Gasteiger charge is 2.06. The van der Waals surface area contributed by atoms with Gasteiger partial charge < -0.3 is 19.9 Å². The molecule has 0 atom stereocenters. The number of benzene rings is 3. The van der Waals surface area contributed by atoms with Crippen molar-refractivity contribution >= 4 is 35.0 Å². The molecule has 162 valence electrons. The van der Waals surface area contributed by atoms with E-state index in [1.807, 2.05) is 30.3 Å². The zero-order chi connectivity index (χ0) is 22.8. The van der Waals surface area contributed by atoms with Crippen LogP contribution in [0.3, 0.4) is 0 Å². The third kappa shape index (κ3) is 6.81. The molecule has 1 amide bonds. The molecular weight excluding hydrogens is 410 g/mol. The molecular formula is C24H21N3O5. The number of ether oxygens (including phenoxy) is 2. The van der Waals surface area contributed by atoms with Crippen LogP contribution < -0.4 is 10.1 Å². The van der Waals surface area contributed by atoms with Crippen molar-refractivity contribution in [2.75, 3.05) is 19.0 Å². The first-order valence-electron chi connectivity index (χ1n) is 9.62. The van der Waals surface area contributed by atoms with E-state index in [0.717, 1.165) is 5.69 Å². The monoisotopic (exact) mass is 431 g/mol. The van der Waals surface area contributed by atoms with Crippen LogP contribution in [0.2, 0.25) is 0 Å². The molecule has 0 unspecified atom stereocenters. The summed E-state index contributed by atoms with van der Waals surface area (Å²) in [6.45, 7) is -0.433. The summed E-state index contributed by atoms with van der Waals surface area (Å²) in [5.74, 6) is -0.871. The molecule has 2 N–H and O–H groups in total. The second-order valence-electron chi connectivity index (χ2n) is 6.50. The van der Waals surface area contributed by atoms with Gasteiger partial charge in [-0.25, -0.2) is 4.79 Å². The third-order valence-electron chi connectivity index (χ3n) is 4.15. The molecule has 8 nitrogen and oxygen atoms in total. The van der Waals surface area contributed by atoms with Crippen molar-refractivity contribution in [3.05, 3.63) is 84.4 Å². The van der Waals surface area contributed by atoms with Crippen molar-refractivity contribution in [1.82, 2.24) is 0 Å². The Hall–Kier alpha value is -4.46. The van der Waals surface area contributed by atoms with Crippen LogP contribution in [0.5, 0.6) is 11.5 Å². The Balaban J connectivity index is 1.46. The molecule has 0 saturated heterocycles. The lowest BCUT2D eigenvalue weighted by Gasteiger charge is -2.06. The molecule has 3 rings (SSSR count). The lowest BCUT2D eigenvalue weighted by Crippen LogP contribution is -2.20. The fourth-order valence-corrected chi connectivity index (χ4v) is 2.57. The molecule has 0 saturated carbocycles. The fraction of sp³-hybridized carbons (Fsp3) is 0.0833. The lowest BCUT2D eigenvalue weighted by molar-refractivity contribution is -0.142. The maximum Gasteiger partial charge on any atom is 0.331 e. The number of rotatable bonds is 8. The second kappa shape index (κ2) is 11.1. The number of hydrogen-bond acceptors (Lipinski definition) is 7. The Morgan fingerprint density at radius 3 is 2.34 bits per heavy atom. The van der Waals surface area contributed by atoms with E-state index in [1.165, 1.54) is 25.3 Å². The topological polar surface area (TPSA) is 110 Å². The van der Waals surface area contributed by atoms with E-state index < -0.39 is 18.5 Å². The van der Waals surface area contributed by atoms with E-state index >= 15 is 0 Å². The van der Waals surface area contributed by atoms with E-state index in [-0.39, 0.29) is 11.5 Å². The summed E-state index contributed by atoms with van der Waals surface area (Å²) in [4.78, 5) is 23.8. The normalized spacial score (nSPS) is 10.9. The summed E-state index contributed by atoms with van der Waals surface area (Å²) in [5, 5.41) is 20.5. The zero-order valence-corrected chi connectivity index (χ0v) is 17.3. The summed E-state index contributed by atoms with van der Waals surface area (Å²) in [6, 6.07) is 20.7. The summed E-state index contributed by atoms with van der Waals surface area (Å²) < 4.78 is 9.94. The van der Waals surface area contributed by atoms with E-state index in [2.05, 4.69) is 15.5 Å². The largest absolute Gasteiger partial charge is 0.504 e. The Bertz CT molecular complexity index is 1130. The number of phenols is 1. The molecule has 3 aromatic carbocycles. The van der Waals surface area contributed by atoms with Gasteiger partial charge in [0.15, 0.2) is 18.1 Å². The van der Waals surface area contributed by atoms with E-state index in [1.54, 1.807) is 36.4 Å². The van der Waals surface area contributed by atoms with Gasteiger partial charge in [-0.05, 0) is 60.2 Å². The van der Waals surface area contributed by atoms with Crippen molar-refractivity contribution in [3.63, 3.8) is 0 Å². The van der Waals surface area contributed by atoms with E-state index in [0.29, 0.717) is 16.9 Å². The standard InChI is InChI=1S/C24H21N3O5/c1-31-22-15-17(7-13-21(22)28)8-14-24(30)32-16-23(29)25-18-9-11-20(12-10-18)27-26-19-5-3-2-4-6-19/h2-15,28H,16H2,1H3,(H,25,29)/b14-8+,27-26?. The van der Waals surface area contributed by atoms with E-state index in [9.17, 15) is 14.7 Å². The molecule has 0 aromatic heterocycles. The average molecular weight is 431 g/mol. The van der Waals surface area contributed by atoms with Gasteiger partial charge in [-0.1, -0.05) is 24.3 Å². The van der Waals surface area contributed by atoms with Crippen LogP contribution in [0.15, 0.2) is 89.1 Å². The highest BCUT2D eigenvalue weighted by molar-refractivity contribution is 5.94. The van der Waals surface area contributed by atoms with Gasteiger partial charge in [-0.2, -0.15) is 10.2 Å². The quantitative estimate of drug-likeness (QED) is 0.296. The molecule has 0 spiro atoms. The number of azo groups is 1. The van der Waals surface area contributed by atoms with Crippen molar-refractivity contribution in [2.24, 2.45) is 10.2 Å². The summed E-state index contributed by atoms with van der Waals surface area (Å²) in [5.41, 5.74) is 2.54. The molecule has 0 aliphatic heterocycles. The smallest absolute Gasteiger partial charge is 0.331 e. The SMILES string of the molecule is COc1cc(/C=C/C(=O)OCC(=O)Nc2ccc(N=Nc3ccccc3)cc2)ccc1O. The first kappa shape index (κ1) is 22.2. The lowest BCUT2D eigenvalue weighted by atomic mass is 10.2. The molecule has 0 bridgehead atoms. The van der Waals surface area contributed by atoms with Gasteiger partial charge in [0.2, 0.25) is 0 Å². The molecule has 0 fully saturated rings. The number of phenolic OH excluding ortho intramolecular Hbond substituents is 1. The van der Waals surface area contributed by atoms with Crippen molar-refractivity contribution < 1.29 is 24.2 Å². The van der Waals surface area contributed by atoms with Crippen LogP contribution in [0.4, 0.5) is 17.1 Å². The number of amides is 1. The Morgan fingerprint density at radius 2 is 1.66 bits per heavy atom. The van der Waals surface area contributed by atoms with Crippen LogP contribution >= 0.6 is 0 Å². The Labute approximate surface area is 184 Å². The number of carbonyl (C=O) groups excluding carboxylic acids is 2. The van der Waals surface area contributed by atoms with Crippen LogP contribution in [-0.2, 0) is 14.3 Å². The highest BCUT2D eigenvalue weighted by Crippen LogP contribution is 2.26. The molecule has 0 radical (unpaired) electrons. The van der Waals surface area contributed by atoms with Crippen LogP contribution in [0.1, 0.15) is 5.56 Å². The second-order valence-corrected chi connectivity index (χ2v) is 6.50. The Morgan fingerprint density at radius 1 is 0.969 bits per heavy atom. The molecule has 0 aliphatic carbocycles. The average Bonchev–Trinajstić information content (AvgIpc) is 2.82. The van der Waals surface area contributed by atoms with Crippen LogP contribution in [-0.4, -0.2) is 30.7 Å². The van der Waals surface area contributed by atoms with Gasteiger partial charge in [-0.3, -0.25) is 4.79 Å². The van der Waals surface area contributed by atoms with Crippen molar-refractivity contribution in [1.29, 1.82) is 0 Å². The number of nitrogens with one attached hydrogen (secondary N) is 1. The predicted molar refractivity (Wildman–Crippen MR) is 120 cm³/mol. The first-order valence-corrected chi connectivity index (χ1v) is 9.62. The first-order chi connectivity index (χ1) is 15.5.